The van der Waals surface area contributed by atoms with Gasteiger partial charge in [-0.3, -0.25) is 4.79 Å². The number of benzene rings is 2. The van der Waals surface area contributed by atoms with Crippen LogP contribution in [0.5, 0.6) is 11.6 Å². The van der Waals surface area contributed by atoms with Crippen molar-refractivity contribution < 1.29 is 18.3 Å². The van der Waals surface area contributed by atoms with E-state index in [9.17, 15) is 14.4 Å². The van der Waals surface area contributed by atoms with Crippen molar-refractivity contribution in [3.05, 3.63) is 70.7 Å². The second-order valence-electron chi connectivity index (χ2n) is 7.32. The first-order chi connectivity index (χ1) is 16.2. The van der Waals surface area contributed by atoms with Gasteiger partial charge in [-0.25, -0.2) is 18.7 Å². The second kappa shape index (κ2) is 10.4. The lowest BCUT2D eigenvalue weighted by atomic mass is 10.1. The summed E-state index contributed by atoms with van der Waals surface area (Å²) in [5.41, 5.74) is 6.99. The lowest BCUT2D eigenvalue weighted by Crippen LogP contribution is -2.09. The van der Waals surface area contributed by atoms with E-state index in [0.29, 0.717) is 17.8 Å². The molecular weight excluding hydrogens is 442 g/mol. The van der Waals surface area contributed by atoms with Crippen LogP contribution >= 0.6 is 0 Å². The number of ether oxygens (including phenoxy) is 1. The Labute approximate surface area is 195 Å². The highest BCUT2D eigenvalue weighted by Crippen LogP contribution is 2.33. The first-order valence-electron chi connectivity index (χ1n) is 10.3. The van der Waals surface area contributed by atoms with Crippen molar-refractivity contribution in [2.24, 2.45) is 5.73 Å². The summed E-state index contributed by atoms with van der Waals surface area (Å²) in [6.07, 6.45) is 2.78. The summed E-state index contributed by atoms with van der Waals surface area (Å²) in [4.78, 5) is 19.5. The van der Waals surface area contributed by atoms with Gasteiger partial charge in [-0.15, -0.1) is 0 Å². The van der Waals surface area contributed by atoms with E-state index in [2.05, 4.69) is 20.6 Å². The Morgan fingerprint density at radius 2 is 1.91 bits per heavy atom. The number of amides is 1. The summed E-state index contributed by atoms with van der Waals surface area (Å²) < 4.78 is 34.9. The molecule has 0 aliphatic carbocycles. The van der Waals surface area contributed by atoms with Crippen molar-refractivity contribution in [2.75, 3.05) is 10.6 Å². The van der Waals surface area contributed by atoms with Crippen LogP contribution in [0.2, 0.25) is 0 Å². The van der Waals surface area contributed by atoms with Crippen LogP contribution in [0, 0.1) is 29.9 Å². The molecule has 0 aliphatic heterocycles. The highest BCUT2D eigenvalue weighted by Gasteiger charge is 2.20. The van der Waals surface area contributed by atoms with Crippen molar-refractivity contribution in [1.29, 1.82) is 5.26 Å². The van der Waals surface area contributed by atoms with Crippen molar-refractivity contribution in [3.63, 3.8) is 0 Å². The fraction of sp³-hybridized carbons (Fsp3) is 0.167. The van der Waals surface area contributed by atoms with Crippen LogP contribution < -0.4 is 21.1 Å². The number of nitriles is 1. The Kier molecular flexibility index (Phi) is 7.38. The first-order valence-corrected chi connectivity index (χ1v) is 10.3. The lowest BCUT2D eigenvalue weighted by Gasteiger charge is -2.14. The summed E-state index contributed by atoms with van der Waals surface area (Å²) in [6.45, 7) is 4.71. The maximum atomic E-state index is 15.0. The number of hydrogen-bond acceptors (Lipinski definition) is 7. The van der Waals surface area contributed by atoms with Crippen LogP contribution in [-0.4, -0.2) is 15.9 Å². The normalized spacial score (nSPS) is 11.0. The average Bonchev–Trinajstić information content (AvgIpc) is 2.81. The van der Waals surface area contributed by atoms with Gasteiger partial charge in [0.25, 0.3) is 0 Å². The third kappa shape index (κ3) is 5.45. The molecule has 0 radical (unpaired) electrons. The molecule has 8 nitrogen and oxygen atoms in total. The molecule has 3 aromatic rings. The molecule has 0 bridgehead atoms. The number of nitrogens with two attached hydrogens (primary N) is 1. The van der Waals surface area contributed by atoms with Gasteiger partial charge in [0, 0.05) is 35.1 Å². The summed E-state index contributed by atoms with van der Waals surface area (Å²) in [6, 6.07) is 9.52. The molecule has 0 atom stereocenters. The van der Waals surface area contributed by atoms with E-state index in [-0.39, 0.29) is 40.0 Å². The molecule has 0 aliphatic rings. The first kappa shape index (κ1) is 24.1. The zero-order valence-corrected chi connectivity index (χ0v) is 18.7. The van der Waals surface area contributed by atoms with Gasteiger partial charge >= 0.3 is 0 Å². The third-order valence-corrected chi connectivity index (χ3v) is 4.73. The number of allylic oxidation sites excluding steroid dienone is 1. The number of nitrogens with one attached hydrogen (secondary N) is 2. The fourth-order valence-corrected chi connectivity index (χ4v) is 2.96. The van der Waals surface area contributed by atoms with Gasteiger partial charge < -0.3 is 21.1 Å². The molecule has 1 heterocycles. The predicted molar refractivity (Wildman–Crippen MR) is 124 cm³/mol. The summed E-state index contributed by atoms with van der Waals surface area (Å²) in [5, 5.41) is 15.4. The Bertz CT molecular complexity index is 1300. The molecule has 0 fully saturated rings. The summed E-state index contributed by atoms with van der Waals surface area (Å²) >= 11 is 0. The van der Waals surface area contributed by atoms with Crippen LogP contribution in [0.15, 0.2) is 42.4 Å². The van der Waals surface area contributed by atoms with Gasteiger partial charge in [0.2, 0.25) is 11.8 Å². The highest BCUT2D eigenvalue weighted by molar-refractivity contribution is 5.90. The van der Waals surface area contributed by atoms with E-state index < -0.39 is 17.4 Å². The molecule has 2 aromatic carbocycles. The Hall–Kier alpha value is -4.52. The third-order valence-electron chi connectivity index (χ3n) is 4.73. The van der Waals surface area contributed by atoms with Crippen molar-refractivity contribution in [3.8, 4) is 17.7 Å². The van der Waals surface area contributed by atoms with Crippen molar-refractivity contribution in [2.45, 2.75) is 27.2 Å². The maximum absolute atomic E-state index is 15.0. The van der Waals surface area contributed by atoms with E-state index in [1.807, 2.05) is 6.07 Å². The molecule has 0 unspecified atom stereocenters. The largest absolute Gasteiger partial charge is 0.434 e. The number of anilines is 3. The van der Waals surface area contributed by atoms with Crippen LogP contribution in [0.3, 0.4) is 0 Å². The van der Waals surface area contributed by atoms with Crippen LogP contribution in [-0.2, 0) is 4.79 Å². The van der Waals surface area contributed by atoms with E-state index in [0.717, 1.165) is 12.4 Å². The van der Waals surface area contributed by atoms with Gasteiger partial charge in [-0.2, -0.15) is 5.26 Å². The standard InChI is InChI=1S/C24H22F2N6O2/c1-4-21(33)31-15-5-7-16(8-6-15)32-23-18(11-27)24(30-12-29-23)34-20-10-19(25)14(3)17(22(20)26)9-13(2)28/h5-10,12H,4,28H2,1-3H3,(H,31,33)(H,29,30,32)/b13-9-. The molecular formula is C24H22F2N6O2. The predicted octanol–water partition coefficient (Wildman–Crippen LogP) is 5.14. The number of carbonyl (C=O) groups is 1. The van der Waals surface area contributed by atoms with Crippen molar-refractivity contribution in [1.82, 2.24) is 9.97 Å². The monoisotopic (exact) mass is 464 g/mol. The van der Waals surface area contributed by atoms with E-state index in [1.165, 1.54) is 13.0 Å². The molecule has 10 heteroatoms. The fourth-order valence-electron chi connectivity index (χ4n) is 2.96. The number of halogens is 2. The van der Waals surface area contributed by atoms with Gasteiger partial charge in [-0.1, -0.05) is 6.92 Å². The summed E-state index contributed by atoms with van der Waals surface area (Å²) in [7, 11) is 0. The average molecular weight is 464 g/mol. The Balaban J connectivity index is 1.92. The minimum absolute atomic E-state index is 0.0591. The van der Waals surface area contributed by atoms with Gasteiger partial charge in [0.05, 0.1) is 0 Å². The molecule has 1 aromatic heterocycles. The van der Waals surface area contributed by atoms with Gasteiger partial charge in [0.1, 0.15) is 18.2 Å². The van der Waals surface area contributed by atoms with E-state index >= 15 is 4.39 Å². The van der Waals surface area contributed by atoms with Crippen LogP contribution in [0.4, 0.5) is 26.0 Å². The van der Waals surface area contributed by atoms with E-state index in [1.54, 1.807) is 38.1 Å². The number of carbonyl (C=O) groups excluding carboxylic acids is 1. The Morgan fingerprint density at radius 1 is 1.24 bits per heavy atom. The lowest BCUT2D eigenvalue weighted by molar-refractivity contribution is -0.115. The smallest absolute Gasteiger partial charge is 0.242 e. The second-order valence-corrected chi connectivity index (χ2v) is 7.32. The SMILES string of the molecule is CCC(=O)Nc1ccc(Nc2ncnc(Oc3cc(F)c(C)c(/C=C(/C)N)c3F)c2C#N)cc1. The van der Waals surface area contributed by atoms with Crippen LogP contribution in [0.25, 0.3) is 6.08 Å². The molecule has 0 spiro atoms. The Morgan fingerprint density at radius 3 is 2.53 bits per heavy atom. The van der Waals surface area contributed by atoms with Crippen molar-refractivity contribution >= 4 is 29.2 Å². The molecule has 4 N–H and O–H groups in total. The molecule has 174 valence electrons. The number of rotatable bonds is 7. The topological polar surface area (TPSA) is 126 Å². The molecule has 0 saturated carbocycles. The van der Waals surface area contributed by atoms with Gasteiger partial charge in [-0.05, 0) is 49.8 Å². The maximum Gasteiger partial charge on any atom is 0.242 e. The minimum Gasteiger partial charge on any atom is -0.434 e. The van der Waals surface area contributed by atoms with E-state index in [4.69, 9.17) is 10.5 Å². The zero-order valence-electron chi connectivity index (χ0n) is 18.7. The quantitative estimate of drug-likeness (QED) is 0.442. The zero-order chi connectivity index (χ0) is 24.8. The summed E-state index contributed by atoms with van der Waals surface area (Å²) in [5.74, 6) is -2.27. The molecule has 0 saturated heterocycles. The molecule has 34 heavy (non-hydrogen) atoms. The molecule has 3 rings (SSSR count). The molecule has 1 amide bonds. The number of aromatic nitrogens is 2. The minimum atomic E-state index is -0.842. The number of hydrogen-bond donors (Lipinski definition) is 3. The number of nitrogens with zero attached hydrogens (tertiary/aromatic N) is 3. The highest BCUT2D eigenvalue weighted by atomic mass is 19.1. The van der Waals surface area contributed by atoms with Gasteiger partial charge in [0.15, 0.2) is 22.9 Å². The van der Waals surface area contributed by atoms with Crippen LogP contribution in [0.1, 0.15) is 37.0 Å².